The summed E-state index contributed by atoms with van der Waals surface area (Å²) in [6.07, 6.45) is 0.746. The molecule has 126 valence electrons. The molecule has 1 saturated heterocycles. The predicted molar refractivity (Wildman–Crippen MR) is 87.9 cm³/mol. The molecule has 24 heavy (non-hydrogen) atoms. The number of anilines is 1. The molecule has 0 bridgehead atoms. The number of aryl methyl sites for hydroxylation is 1. The lowest BCUT2D eigenvalue weighted by molar-refractivity contribution is -0.140. The summed E-state index contributed by atoms with van der Waals surface area (Å²) >= 11 is 1.30. The van der Waals surface area contributed by atoms with Crippen molar-refractivity contribution in [3.63, 3.8) is 0 Å². The van der Waals surface area contributed by atoms with Crippen molar-refractivity contribution in [2.24, 2.45) is 5.92 Å². The SMILES string of the molecule is Cc1nnc(NC(=O)[C@@H]2CCC(=O)N(C)[C@H]2c2ccc(F)cc2)s1. The second-order valence-electron chi connectivity index (χ2n) is 5.76. The highest BCUT2D eigenvalue weighted by molar-refractivity contribution is 7.15. The van der Waals surface area contributed by atoms with Gasteiger partial charge >= 0.3 is 0 Å². The number of hydrogen-bond donors (Lipinski definition) is 1. The summed E-state index contributed by atoms with van der Waals surface area (Å²) < 4.78 is 13.2. The first-order valence-corrected chi connectivity index (χ1v) is 8.39. The number of benzene rings is 1. The van der Waals surface area contributed by atoms with Gasteiger partial charge in [0.15, 0.2) is 0 Å². The highest BCUT2D eigenvalue weighted by Gasteiger charge is 2.39. The minimum Gasteiger partial charge on any atom is -0.338 e. The van der Waals surface area contributed by atoms with Crippen LogP contribution in [0.2, 0.25) is 0 Å². The smallest absolute Gasteiger partial charge is 0.231 e. The van der Waals surface area contributed by atoms with Gasteiger partial charge < -0.3 is 10.2 Å². The van der Waals surface area contributed by atoms with E-state index in [1.807, 2.05) is 6.92 Å². The van der Waals surface area contributed by atoms with Crippen LogP contribution in [0, 0.1) is 18.7 Å². The molecule has 6 nitrogen and oxygen atoms in total. The molecule has 1 aromatic heterocycles. The number of carbonyl (C=O) groups is 2. The van der Waals surface area contributed by atoms with E-state index in [1.165, 1.54) is 23.5 Å². The van der Waals surface area contributed by atoms with Crippen molar-refractivity contribution in [3.8, 4) is 0 Å². The number of halogens is 1. The second kappa shape index (κ2) is 6.64. The van der Waals surface area contributed by atoms with Crippen molar-refractivity contribution in [3.05, 3.63) is 40.7 Å². The summed E-state index contributed by atoms with van der Waals surface area (Å²) in [4.78, 5) is 26.3. The maximum absolute atomic E-state index is 13.2. The number of hydrogen-bond acceptors (Lipinski definition) is 5. The van der Waals surface area contributed by atoms with Crippen LogP contribution in [0.15, 0.2) is 24.3 Å². The van der Waals surface area contributed by atoms with Gasteiger partial charge in [-0.25, -0.2) is 4.39 Å². The Balaban J connectivity index is 1.86. The molecule has 8 heteroatoms. The number of aromatic nitrogens is 2. The summed E-state index contributed by atoms with van der Waals surface area (Å²) in [5.74, 6) is -1.02. The summed E-state index contributed by atoms with van der Waals surface area (Å²) in [5.41, 5.74) is 0.737. The molecule has 0 unspecified atom stereocenters. The van der Waals surface area contributed by atoms with E-state index in [0.29, 0.717) is 18.0 Å². The monoisotopic (exact) mass is 348 g/mol. The fourth-order valence-electron chi connectivity index (χ4n) is 2.97. The van der Waals surface area contributed by atoms with Crippen LogP contribution in [0.1, 0.15) is 29.5 Å². The Labute approximate surface area is 142 Å². The highest BCUT2D eigenvalue weighted by Crippen LogP contribution is 2.36. The highest BCUT2D eigenvalue weighted by atomic mass is 32.1. The Morgan fingerprint density at radius 2 is 2.04 bits per heavy atom. The number of nitrogens with zero attached hydrogens (tertiary/aromatic N) is 3. The molecule has 1 aromatic carbocycles. The zero-order valence-electron chi connectivity index (χ0n) is 13.3. The maximum Gasteiger partial charge on any atom is 0.231 e. The van der Waals surface area contributed by atoms with Gasteiger partial charge in [-0.05, 0) is 31.0 Å². The van der Waals surface area contributed by atoms with E-state index in [2.05, 4.69) is 15.5 Å². The van der Waals surface area contributed by atoms with Crippen molar-refractivity contribution in [2.45, 2.75) is 25.8 Å². The van der Waals surface area contributed by atoms with E-state index in [0.717, 1.165) is 10.6 Å². The van der Waals surface area contributed by atoms with Crippen molar-refractivity contribution in [2.75, 3.05) is 12.4 Å². The van der Waals surface area contributed by atoms with Gasteiger partial charge in [-0.3, -0.25) is 9.59 Å². The van der Waals surface area contributed by atoms with Gasteiger partial charge in [0.1, 0.15) is 10.8 Å². The third-order valence-electron chi connectivity index (χ3n) is 4.17. The number of amides is 2. The fourth-order valence-corrected chi connectivity index (χ4v) is 3.57. The number of likely N-dealkylation sites (tertiary alicyclic amines) is 1. The molecule has 1 aliphatic heterocycles. The zero-order valence-corrected chi connectivity index (χ0v) is 14.1. The predicted octanol–water partition coefficient (Wildman–Crippen LogP) is 2.53. The molecular formula is C16H17FN4O2S. The van der Waals surface area contributed by atoms with Crippen molar-refractivity contribution in [1.29, 1.82) is 0 Å². The Morgan fingerprint density at radius 3 is 2.67 bits per heavy atom. The summed E-state index contributed by atoms with van der Waals surface area (Å²) in [6.45, 7) is 1.81. The van der Waals surface area contributed by atoms with Gasteiger partial charge in [0.05, 0.1) is 12.0 Å². The number of rotatable bonds is 3. The molecule has 1 N–H and O–H groups in total. The molecule has 2 atom stereocenters. The number of piperidine rings is 1. The molecule has 3 rings (SSSR count). The quantitative estimate of drug-likeness (QED) is 0.925. The lowest BCUT2D eigenvalue weighted by Gasteiger charge is -2.38. The normalized spacial score (nSPS) is 21.0. The van der Waals surface area contributed by atoms with Gasteiger partial charge in [0.2, 0.25) is 16.9 Å². The Bertz CT molecular complexity index is 762. The first-order chi connectivity index (χ1) is 11.5. The van der Waals surface area contributed by atoms with E-state index >= 15 is 0 Å². The lowest BCUT2D eigenvalue weighted by Crippen LogP contribution is -2.44. The van der Waals surface area contributed by atoms with Gasteiger partial charge in [0, 0.05) is 13.5 Å². The molecule has 0 spiro atoms. The largest absolute Gasteiger partial charge is 0.338 e. The molecule has 1 aliphatic rings. The van der Waals surface area contributed by atoms with E-state index in [1.54, 1.807) is 24.1 Å². The third-order valence-corrected chi connectivity index (χ3v) is 4.92. The molecular weight excluding hydrogens is 331 g/mol. The standard InChI is InChI=1S/C16H17FN4O2S/c1-9-19-20-16(24-9)18-15(23)12-7-8-13(22)21(2)14(12)10-3-5-11(17)6-4-10/h3-6,12,14H,7-8H2,1-2H3,(H,18,20,23)/t12-,14+/m1/s1. The fraction of sp³-hybridized carbons (Fsp3) is 0.375. The molecule has 2 heterocycles. The van der Waals surface area contributed by atoms with Crippen molar-refractivity contribution < 1.29 is 14.0 Å². The summed E-state index contributed by atoms with van der Waals surface area (Å²) in [7, 11) is 1.67. The second-order valence-corrected chi connectivity index (χ2v) is 6.94. The zero-order chi connectivity index (χ0) is 17.3. The Kier molecular flexibility index (Phi) is 4.57. The average Bonchev–Trinajstić information content (AvgIpc) is 2.96. The molecule has 1 fully saturated rings. The van der Waals surface area contributed by atoms with Crippen molar-refractivity contribution in [1.82, 2.24) is 15.1 Å². The van der Waals surface area contributed by atoms with E-state index < -0.39 is 12.0 Å². The van der Waals surface area contributed by atoms with Gasteiger partial charge in [-0.15, -0.1) is 10.2 Å². The molecule has 2 amide bonds. The Hall–Kier alpha value is -2.35. The number of nitrogens with one attached hydrogen (secondary N) is 1. The lowest BCUT2D eigenvalue weighted by atomic mass is 9.84. The topological polar surface area (TPSA) is 75.2 Å². The first kappa shape index (κ1) is 16.5. The number of carbonyl (C=O) groups excluding carboxylic acids is 2. The van der Waals surface area contributed by atoms with Crippen LogP contribution < -0.4 is 5.32 Å². The van der Waals surface area contributed by atoms with Crippen LogP contribution in [0.3, 0.4) is 0 Å². The van der Waals surface area contributed by atoms with Gasteiger partial charge in [-0.1, -0.05) is 23.5 Å². The van der Waals surface area contributed by atoms with Gasteiger partial charge in [0.25, 0.3) is 0 Å². The van der Waals surface area contributed by atoms with Crippen LogP contribution >= 0.6 is 11.3 Å². The minimum absolute atomic E-state index is 0.0277. The maximum atomic E-state index is 13.2. The van der Waals surface area contributed by atoms with Crippen molar-refractivity contribution >= 4 is 28.3 Å². The van der Waals surface area contributed by atoms with Crippen LogP contribution in [-0.4, -0.2) is 34.0 Å². The van der Waals surface area contributed by atoms with Gasteiger partial charge in [-0.2, -0.15) is 0 Å². The summed E-state index contributed by atoms with van der Waals surface area (Å²) in [6, 6.07) is 5.48. The van der Waals surface area contributed by atoms with Crippen LogP contribution in [0.25, 0.3) is 0 Å². The molecule has 0 aliphatic carbocycles. The minimum atomic E-state index is -0.430. The molecule has 0 saturated carbocycles. The van der Waals surface area contributed by atoms with Crippen LogP contribution in [0.4, 0.5) is 9.52 Å². The van der Waals surface area contributed by atoms with Crippen LogP contribution in [-0.2, 0) is 9.59 Å². The first-order valence-electron chi connectivity index (χ1n) is 7.58. The van der Waals surface area contributed by atoms with E-state index in [4.69, 9.17) is 0 Å². The molecule has 2 aromatic rings. The van der Waals surface area contributed by atoms with E-state index in [-0.39, 0.29) is 17.6 Å². The average molecular weight is 348 g/mol. The molecule has 0 radical (unpaired) electrons. The van der Waals surface area contributed by atoms with Crippen LogP contribution in [0.5, 0.6) is 0 Å². The van der Waals surface area contributed by atoms with E-state index in [9.17, 15) is 14.0 Å². The third kappa shape index (κ3) is 3.28. The summed E-state index contributed by atoms with van der Waals surface area (Å²) in [5, 5.41) is 11.7. The Morgan fingerprint density at radius 1 is 1.33 bits per heavy atom.